The summed E-state index contributed by atoms with van der Waals surface area (Å²) in [4.78, 5) is 4.33. The molecular weight excluding hydrogens is 330 g/mol. The second-order valence-electron chi connectivity index (χ2n) is 5.09. The number of hydrogen-bond donors (Lipinski definition) is 2. The van der Waals surface area contributed by atoms with Crippen LogP contribution in [0.3, 0.4) is 0 Å². The van der Waals surface area contributed by atoms with Crippen LogP contribution in [0.25, 0.3) is 0 Å². The van der Waals surface area contributed by atoms with E-state index in [9.17, 15) is 8.42 Å². The highest BCUT2D eigenvalue weighted by Crippen LogP contribution is 2.23. The number of aryl methyl sites for hydroxylation is 1. The van der Waals surface area contributed by atoms with Crippen LogP contribution in [-0.2, 0) is 14.8 Å². The van der Waals surface area contributed by atoms with Crippen LogP contribution < -0.4 is 14.8 Å². The number of sulfonamides is 1. The van der Waals surface area contributed by atoms with E-state index >= 15 is 0 Å². The van der Waals surface area contributed by atoms with Crippen LogP contribution in [0.4, 0.5) is 11.5 Å². The molecular formula is C16H21N3O4S. The van der Waals surface area contributed by atoms with Gasteiger partial charge in [-0.1, -0.05) is 0 Å². The minimum absolute atomic E-state index is 0.170. The van der Waals surface area contributed by atoms with Gasteiger partial charge in [0.25, 0.3) is 10.0 Å². The van der Waals surface area contributed by atoms with E-state index in [0.29, 0.717) is 30.4 Å². The van der Waals surface area contributed by atoms with Crippen molar-refractivity contribution in [2.24, 2.45) is 0 Å². The number of methoxy groups -OCH3 is 2. The fourth-order valence-corrected chi connectivity index (χ4v) is 3.20. The minimum Gasteiger partial charge on any atom is -0.496 e. The average molecular weight is 351 g/mol. The fraction of sp³-hybridized carbons (Fsp3) is 0.312. The Morgan fingerprint density at radius 2 is 1.96 bits per heavy atom. The zero-order chi connectivity index (χ0) is 17.6. The Kier molecular flexibility index (Phi) is 5.99. The maximum Gasteiger partial charge on any atom is 0.261 e. The lowest BCUT2D eigenvalue weighted by molar-refractivity contribution is 0.210. The van der Waals surface area contributed by atoms with Gasteiger partial charge in [0.05, 0.1) is 30.5 Å². The first kappa shape index (κ1) is 18.0. The Labute approximate surface area is 142 Å². The highest BCUT2D eigenvalue weighted by atomic mass is 32.2. The molecule has 0 saturated carbocycles. The Morgan fingerprint density at radius 1 is 1.17 bits per heavy atom. The van der Waals surface area contributed by atoms with Crippen molar-refractivity contribution < 1.29 is 17.9 Å². The summed E-state index contributed by atoms with van der Waals surface area (Å²) in [5.74, 6) is 1.29. The number of ether oxygens (including phenoxy) is 2. The van der Waals surface area contributed by atoms with E-state index in [1.807, 2.05) is 0 Å². The molecule has 0 bridgehead atoms. The molecule has 8 heteroatoms. The number of nitrogens with zero attached hydrogens (tertiary/aromatic N) is 1. The van der Waals surface area contributed by atoms with Gasteiger partial charge >= 0.3 is 0 Å². The molecule has 0 amide bonds. The number of hydrogen-bond acceptors (Lipinski definition) is 6. The molecule has 1 aromatic carbocycles. The summed E-state index contributed by atoms with van der Waals surface area (Å²) >= 11 is 0. The Hall–Kier alpha value is -2.32. The molecule has 2 rings (SSSR count). The fourth-order valence-electron chi connectivity index (χ4n) is 2.07. The molecule has 0 unspecified atom stereocenters. The predicted molar refractivity (Wildman–Crippen MR) is 93.1 cm³/mol. The summed E-state index contributed by atoms with van der Waals surface area (Å²) in [7, 11) is -0.517. The van der Waals surface area contributed by atoms with E-state index < -0.39 is 10.0 Å². The number of benzene rings is 1. The van der Waals surface area contributed by atoms with E-state index in [1.54, 1.807) is 45.4 Å². The zero-order valence-electron chi connectivity index (χ0n) is 13.9. The van der Waals surface area contributed by atoms with Gasteiger partial charge in [-0.2, -0.15) is 0 Å². The van der Waals surface area contributed by atoms with Crippen molar-refractivity contribution in [2.45, 2.75) is 11.8 Å². The first-order valence-electron chi connectivity index (χ1n) is 7.32. The molecule has 7 nitrogen and oxygen atoms in total. The lowest BCUT2D eigenvalue weighted by Crippen LogP contribution is -2.14. The minimum atomic E-state index is -3.68. The maximum absolute atomic E-state index is 12.4. The molecule has 0 aliphatic rings. The van der Waals surface area contributed by atoms with Crippen molar-refractivity contribution >= 4 is 21.5 Å². The SMILES string of the molecule is COCCNc1ccc(NS(=O)(=O)c2ccc(OC)c(C)c2)cn1. The highest BCUT2D eigenvalue weighted by molar-refractivity contribution is 7.92. The van der Waals surface area contributed by atoms with Gasteiger partial charge in [-0.25, -0.2) is 13.4 Å². The molecule has 0 aliphatic heterocycles. The quantitative estimate of drug-likeness (QED) is 0.709. The lowest BCUT2D eigenvalue weighted by atomic mass is 10.2. The van der Waals surface area contributed by atoms with E-state index in [1.165, 1.54) is 12.3 Å². The molecule has 0 aliphatic carbocycles. The monoisotopic (exact) mass is 351 g/mol. The van der Waals surface area contributed by atoms with E-state index in [0.717, 1.165) is 5.56 Å². The van der Waals surface area contributed by atoms with Crippen LogP contribution in [0, 0.1) is 6.92 Å². The molecule has 24 heavy (non-hydrogen) atoms. The summed E-state index contributed by atoms with van der Waals surface area (Å²) < 4.78 is 37.5. The number of pyridine rings is 1. The van der Waals surface area contributed by atoms with Gasteiger partial charge in [0, 0.05) is 13.7 Å². The average Bonchev–Trinajstić information content (AvgIpc) is 2.56. The largest absolute Gasteiger partial charge is 0.496 e. The van der Waals surface area contributed by atoms with E-state index in [4.69, 9.17) is 9.47 Å². The number of anilines is 2. The molecule has 0 atom stereocenters. The van der Waals surface area contributed by atoms with E-state index in [-0.39, 0.29) is 4.90 Å². The van der Waals surface area contributed by atoms with Crippen molar-refractivity contribution in [1.82, 2.24) is 4.98 Å². The highest BCUT2D eigenvalue weighted by Gasteiger charge is 2.15. The predicted octanol–water partition coefficient (Wildman–Crippen LogP) is 2.26. The molecule has 0 fully saturated rings. The summed E-state index contributed by atoms with van der Waals surface area (Å²) in [5.41, 5.74) is 1.14. The Bertz CT molecular complexity index is 776. The molecule has 130 valence electrons. The molecule has 1 heterocycles. The lowest BCUT2D eigenvalue weighted by Gasteiger charge is -2.11. The smallest absolute Gasteiger partial charge is 0.261 e. The van der Waals surface area contributed by atoms with Crippen molar-refractivity contribution in [3.8, 4) is 5.75 Å². The van der Waals surface area contributed by atoms with Gasteiger partial charge in [0.2, 0.25) is 0 Å². The molecule has 0 spiro atoms. The number of nitrogens with one attached hydrogen (secondary N) is 2. The number of rotatable bonds is 8. The molecule has 0 radical (unpaired) electrons. The summed E-state index contributed by atoms with van der Waals surface area (Å²) in [5, 5.41) is 3.06. The topological polar surface area (TPSA) is 89.6 Å². The van der Waals surface area contributed by atoms with Crippen molar-refractivity contribution in [3.05, 3.63) is 42.1 Å². The van der Waals surface area contributed by atoms with Crippen LogP contribution in [0.1, 0.15) is 5.56 Å². The van der Waals surface area contributed by atoms with Gasteiger partial charge in [0.15, 0.2) is 0 Å². The van der Waals surface area contributed by atoms with Crippen LogP contribution in [0.5, 0.6) is 5.75 Å². The maximum atomic E-state index is 12.4. The van der Waals surface area contributed by atoms with Crippen LogP contribution >= 0.6 is 0 Å². The molecule has 1 aromatic heterocycles. The standard InChI is InChI=1S/C16H21N3O4S/c1-12-10-14(5-6-15(12)23-3)24(20,21)19-13-4-7-16(18-11-13)17-8-9-22-2/h4-7,10-11,19H,8-9H2,1-3H3,(H,17,18). The molecule has 2 aromatic rings. The van der Waals surface area contributed by atoms with E-state index in [2.05, 4.69) is 15.0 Å². The first-order chi connectivity index (χ1) is 11.5. The summed E-state index contributed by atoms with van der Waals surface area (Å²) in [6.07, 6.45) is 1.46. The van der Waals surface area contributed by atoms with Crippen LogP contribution in [0.15, 0.2) is 41.4 Å². The van der Waals surface area contributed by atoms with Crippen molar-refractivity contribution in [2.75, 3.05) is 37.4 Å². The van der Waals surface area contributed by atoms with Crippen molar-refractivity contribution in [1.29, 1.82) is 0 Å². The molecule has 0 saturated heterocycles. The summed E-state index contributed by atoms with van der Waals surface area (Å²) in [6.45, 7) is 2.98. The Morgan fingerprint density at radius 3 is 2.54 bits per heavy atom. The van der Waals surface area contributed by atoms with Gasteiger partial charge in [-0.15, -0.1) is 0 Å². The normalized spacial score (nSPS) is 11.1. The first-order valence-corrected chi connectivity index (χ1v) is 8.81. The Balaban J connectivity index is 2.10. The molecule has 2 N–H and O–H groups in total. The van der Waals surface area contributed by atoms with Crippen molar-refractivity contribution in [3.63, 3.8) is 0 Å². The van der Waals surface area contributed by atoms with Crippen LogP contribution in [-0.4, -0.2) is 40.8 Å². The van der Waals surface area contributed by atoms with Gasteiger partial charge < -0.3 is 14.8 Å². The third-order valence-electron chi connectivity index (χ3n) is 3.30. The number of aromatic nitrogens is 1. The third-order valence-corrected chi connectivity index (χ3v) is 4.68. The third kappa shape index (κ3) is 4.59. The van der Waals surface area contributed by atoms with Gasteiger partial charge in [-0.05, 0) is 42.8 Å². The van der Waals surface area contributed by atoms with Gasteiger partial charge in [0.1, 0.15) is 11.6 Å². The van der Waals surface area contributed by atoms with Gasteiger partial charge in [-0.3, -0.25) is 4.72 Å². The second kappa shape index (κ2) is 7.98. The second-order valence-corrected chi connectivity index (χ2v) is 6.77. The zero-order valence-corrected chi connectivity index (χ0v) is 14.7. The van der Waals surface area contributed by atoms with Crippen LogP contribution in [0.2, 0.25) is 0 Å². The summed E-state index contributed by atoms with van der Waals surface area (Å²) in [6, 6.07) is 8.05.